The second-order valence-electron chi connectivity index (χ2n) is 1.73. The van der Waals surface area contributed by atoms with Crippen LogP contribution in [0.4, 0.5) is 4.39 Å². The topological polar surface area (TPSA) is 0 Å². The Bertz CT molecular complexity index is 37.2. The summed E-state index contributed by atoms with van der Waals surface area (Å²) in [7, 11) is 0. The average molecular weight is 90.1 g/mol. The molecule has 6 heavy (non-hydrogen) atoms. The zero-order chi connectivity index (χ0) is 3.86. The number of rotatable bonds is 0. The third-order valence-corrected chi connectivity index (χ3v) is 1.01. The van der Waals surface area contributed by atoms with Gasteiger partial charge in [-0.3, -0.25) is 0 Å². The van der Waals surface area contributed by atoms with E-state index >= 15 is 0 Å². The van der Waals surface area contributed by atoms with Crippen molar-refractivity contribution in [3.63, 3.8) is 0 Å². The summed E-state index contributed by atoms with van der Waals surface area (Å²) in [5, 5.41) is 0. The van der Waals surface area contributed by atoms with Crippen molar-refractivity contribution < 1.29 is 4.39 Å². The van der Waals surface area contributed by atoms with Crippen molar-refractivity contribution in [3.05, 3.63) is 0 Å². The SMILES string of the molecule is C.CC1CC1F. The molecule has 0 heterocycles. The molecule has 0 N–H and O–H groups in total. The molecule has 0 spiro atoms. The van der Waals surface area contributed by atoms with Crippen LogP contribution in [0, 0.1) is 5.92 Å². The maximum Gasteiger partial charge on any atom is 0.103 e. The van der Waals surface area contributed by atoms with Crippen molar-refractivity contribution in [1.29, 1.82) is 0 Å². The van der Waals surface area contributed by atoms with Gasteiger partial charge in [-0.1, -0.05) is 14.4 Å². The van der Waals surface area contributed by atoms with Gasteiger partial charge < -0.3 is 0 Å². The molecule has 0 bridgehead atoms. The minimum Gasteiger partial charge on any atom is -0.247 e. The molecule has 38 valence electrons. The summed E-state index contributed by atoms with van der Waals surface area (Å²) in [5.74, 6) is 0.384. The van der Waals surface area contributed by atoms with E-state index < -0.39 is 6.17 Å². The summed E-state index contributed by atoms with van der Waals surface area (Å²) < 4.78 is 11.5. The van der Waals surface area contributed by atoms with Crippen molar-refractivity contribution in [1.82, 2.24) is 0 Å². The number of hydrogen-bond acceptors (Lipinski definition) is 0. The molecule has 1 fully saturated rings. The van der Waals surface area contributed by atoms with E-state index in [9.17, 15) is 4.39 Å². The second-order valence-corrected chi connectivity index (χ2v) is 1.73. The van der Waals surface area contributed by atoms with Gasteiger partial charge in [0.1, 0.15) is 6.17 Å². The van der Waals surface area contributed by atoms with Gasteiger partial charge in [-0.2, -0.15) is 0 Å². The van der Waals surface area contributed by atoms with E-state index in [0.717, 1.165) is 6.42 Å². The van der Waals surface area contributed by atoms with Crippen molar-refractivity contribution >= 4 is 0 Å². The summed E-state index contributed by atoms with van der Waals surface area (Å²) >= 11 is 0. The van der Waals surface area contributed by atoms with Crippen molar-refractivity contribution in [2.24, 2.45) is 5.92 Å². The van der Waals surface area contributed by atoms with Crippen LogP contribution in [0.1, 0.15) is 20.8 Å². The Labute approximate surface area is 38.4 Å². The molecule has 1 rings (SSSR count). The molecule has 0 saturated heterocycles. The van der Waals surface area contributed by atoms with E-state index in [2.05, 4.69) is 0 Å². The summed E-state index contributed by atoms with van der Waals surface area (Å²) in [6.07, 6.45) is 0.356. The van der Waals surface area contributed by atoms with Gasteiger partial charge in [0.05, 0.1) is 0 Å². The van der Waals surface area contributed by atoms with Crippen LogP contribution in [-0.4, -0.2) is 6.17 Å². The van der Waals surface area contributed by atoms with Crippen LogP contribution in [-0.2, 0) is 0 Å². The lowest BCUT2D eigenvalue weighted by Crippen LogP contribution is -1.63. The number of alkyl halides is 1. The van der Waals surface area contributed by atoms with Gasteiger partial charge in [0.25, 0.3) is 0 Å². The summed E-state index contributed by atoms with van der Waals surface area (Å²) in [6, 6.07) is 0. The van der Waals surface area contributed by atoms with Crippen molar-refractivity contribution in [2.75, 3.05) is 0 Å². The third-order valence-electron chi connectivity index (χ3n) is 1.01. The van der Waals surface area contributed by atoms with Gasteiger partial charge in [-0.15, -0.1) is 0 Å². The van der Waals surface area contributed by atoms with Gasteiger partial charge in [-0.05, 0) is 12.3 Å². The van der Waals surface area contributed by atoms with E-state index in [1.54, 1.807) is 0 Å². The Kier molecular flexibility index (Phi) is 1.57. The predicted octanol–water partition coefficient (Wildman–Crippen LogP) is 2.00. The zero-order valence-corrected chi connectivity index (χ0v) is 3.24. The predicted molar refractivity (Wildman–Crippen MR) is 25.4 cm³/mol. The Balaban J connectivity index is 0.000000250. The molecule has 1 heteroatoms. The Morgan fingerprint density at radius 1 is 1.67 bits per heavy atom. The summed E-state index contributed by atoms with van der Waals surface area (Å²) in [6.45, 7) is 1.92. The number of hydrogen-bond donors (Lipinski definition) is 0. The maximum atomic E-state index is 11.5. The first-order chi connectivity index (χ1) is 2.30. The monoisotopic (exact) mass is 90.1 g/mol. The first-order valence-electron chi connectivity index (χ1n) is 1.95. The van der Waals surface area contributed by atoms with Gasteiger partial charge in [0, 0.05) is 0 Å². The van der Waals surface area contributed by atoms with Crippen LogP contribution >= 0.6 is 0 Å². The van der Waals surface area contributed by atoms with Crippen LogP contribution in [0.15, 0.2) is 0 Å². The first kappa shape index (κ1) is 5.93. The molecule has 0 amide bonds. The minimum absolute atomic E-state index is 0. The van der Waals surface area contributed by atoms with Crippen LogP contribution in [0.5, 0.6) is 0 Å². The number of halogens is 1. The maximum absolute atomic E-state index is 11.5. The largest absolute Gasteiger partial charge is 0.247 e. The minimum atomic E-state index is -0.449. The molecular formula is C5H11F. The molecule has 1 aliphatic rings. The Hall–Kier alpha value is -0.0700. The van der Waals surface area contributed by atoms with Crippen molar-refractivity contribution in [2.45, 2.75) is 26.9 Å². The molecule has 0 aliphatic heterocycles. The standard InChI is InChI=1S/C4H7F.CH4/c1-3-2-4(3)5;/h3-4H,2H2,1H3;1H4. The third kappa shape index (κ3) is 0.959. The highest BCUT2D eigenvalue weighted by atomic mass is 19.1. The molecular weight excluding hydrogens is 79.1 g/mol. The second kappa shape index (κ2) is 1.59. The summed E-state index contributed by atoms with van der Waals surface area (Å²) in [4.78, 5) is 0. The molecule has 1 aliphatic carbocycles. The lowest BCUT2D eigenvalue weighted by molar-refractivity contribution is 0.454. The van der Waals surface area contributed by atoms with Gasteiger partial charge in [-0.25, -0.2) is 4.39 Å². The molecule has 0 aromatic heterocycles. The van der Waals surface area contributed by atoms with E-state index in [1.165, 1.54) is 0 Å². The molecule has 2 atom stereocenters. The van der Waals surface area contributed by atoms with Crippen LogP contribution in [0.25, 0.3) is 0 Å². The molecule has 0 aromatic rings. The fourth-order valence-corrected chi connectivity index (χ4v) is 0.277. The smallest absolute Gasteiger partial charge is 0.103 e. The fraction of sp³-hybridized carbons (Fsp3) is 1.00. The van der Waals surface area contributed by atoms with Crippen LogP contribution in [0.2, 0.25) is 0 Å². The van der Waals surface area contributed by atoms with E-state index in [4.69, 9.17) is 0 Å². The molecule has 0 nitrogen and oxygen atoms in total. The first-order valence-corrected chi connectivity index (χ1v) is 1.95. The van der Waals surface area contributed by atoms with Crippen LogP contribution in [0.3, 0.4) is 0 Å². The van der Waals surface area contributed by atoms with E-state index in [-0.39, 0.29) is 7.43 Å². The van der Waals surface area contributed by atoms with E-state index in [1.807, 2.05) is 6.92 Å². The molecule has 1 saturated carbocycles. The van der Waals surface area contributed by atoms with Gasteiger partial charge in [0.15, 0.2) is 0 Å². The zero-order valence-electron chi connectivity index (χ0n) is 3.24. The lowest BCUT2D eigenvalue weighted by Gasteiger charge is -1.63. The van der Waals surface area contributed by atoms with Gasteiger partial charge in [0.2, 0.25) is 0 Å². The van der Waals surface area contributed by atoms with Gasteiger partial charge >= 0.3 is 0 Å². The highest BCUT2D eigenvalue weighted by Gasteiger charge is 2.31. The highest BCUT2D eigenvalue weighted by Crippen LogP contribution is 2.32. The Morgan fingerprint density at radius 3 is 1.83 bits per heavy atom. The molecule has 0 radical (unpaired) electrons. The molecule has 2 unspecified atom stereocenters. The highest BCUT2D eigenvalue weighted by molar-refractivity contribution is 4.81. The van der Waals surface area contributed by atoms with E-state index in [0.29, 0.717) is 5.92 Å². The quantitative estimate of drug-likeness (QED) is 0.426. The molecule has 0 aromatic carbocycles. The summed E-state index contributed by atoms with van der Waals surface area (Å²) in [5.41, 5.74) is 0. The van der Waals surface area contributed by atoms with Crippen LogP contribution < -0.4 is 0 Å². The van der Waals surface area contributed by atoms with Crippen molar-refractivity contribution in [3.8, 4) is 0 Å². The lowest BCUT2D eigenvalue weighted by atomic mass is 10.5. The normalized spacial score (nSPS) is 41.0. The Morgan fingerprint density at radius 2 is 1.83 bits per heavy atom. The average Bonchev–Trinajstić information content (AvgIpc) is 1.79. The fourth-order valence-electron chi connectivity index (χ4n) is 0.277.